The molecule has 1 heteroatoms. The molecule has 0 aromatic carbocycles. The molecule has 0 unspecified atom stereocenters. The van der Waals surface area contributed by atoms with Crippen molar-refractivity contribution in [2.24, 2.45) is 0 Å². The highest BCUT2D eigenvalue weighted by Crippen LogP contribution is 2.13. The van der Waals surface area contributed by atoms with Crippen LogP contribution in [-0.4, -0.2) is 0 Å². The number of nitrogens with zero attached hydrogens (tertiary/aromatic N) is 1. The van der Waals surface area contributed by atoms with Crippen LogP contribution in [0.1, 0.15) is 114 Å². The molecule has 0 fully saturated rings. The van der Waals surface area contributed by atoms with Crippen LogP contribution in [0.2, 0.25) is 0 Å². The summed E-state index contributed by atoms with van der Waals surface area (Å²) in [7, 11) is 0. The zero-order valence-corrected chi connectivity index (χ0v) is 17.5. The van der Waals surface area contributed by atoms with Crippen molar-refractivity contribution in [2.45, 2.75) is 124 Å². The summed E-state index contributed by atoms with van der Waals surface area (Å²) in [5.74, 6) is 0. The minimum atomic E-state index is 1.18. The van der Waals surface area contributed by atoms with Crippen molar-refractivity contribution in [3.05, 3.63) is 29.6 Å². The zero-order valence-electron chi connectivity index (χ0n) is 17.5. The van der Waals surface area contributed by atoms with E-state index in [-0.39, 0.29) is 0 Å². The molecule has 0 amide bonds. The number of aryl methyl sites for hydroxylation is 3. The third-order valence-electron chi connectivity index (χ3n) is 5.21. The molecule has 1 aromatic heterocycles. The van der Waals surface area contributed by atoms with E-state index in [1.807, 2.05) is 0 Å². The molecule has 0 aliphatic heterocycles. The van der Waals surface area contributed by atoms with Crippen LogP contribution in [0, 0.1) is 13.8 Å². The molecule has 0 aliphatic rings. The second kappa shape index (κ2) is 15.4. The molecule has 0 saturated carbocycles. The van der Waals surface area contributed by atoms with Crippen LogP contribution in [0.15, 0.2) is 18.5 Å². The predicted molar refractivity (Wildman–Crippen MR) is 111 cm³/mol. The largest absolute Gasteiger partial charge is 0.205 e. The maximum absolute atomic E-state index is 2.37. The van der Waals surface area contributed by atoms with E-state index in [0.29, 0.717) is 0 Å². The summed E-state index contributed by atoms with van der Waals surface area (Å²) < 4.78 is 2.37. The van der Waals surface area contributed by atoms with Crippen molar-refractivity contribution in [1.29, 1.82) is 0 Å². The molecule has 1 heterocycles. The van der Waals surface area contributed by atoms with Crippen LogP contribution in [0.5, 0.6) is 0 Å². The average molecular weight is 347 g/mol. The highest BCUT2D eigenvalue weighted by molar-refractivity contribution is 5.11. The Kier molecular flexibility index (Phi) is 13.7. The van der Waals surface area contributed by atoms with Gasteiger partial charge in [-0.05, 0) is 26.3 Å². The third-order valence-corrected chi connectivity index (χ3v) is 5.21. The standard InChI is InChI=1S/C24H44N/c1-4-5-6-7-8-9-10-11-12-13-14-15-16-17-18-19-25-21-23(2)20-24(3)22-25/h20-22H,4-19H2,1-3H3/q+1. The van der Waals surface area contributed by atoms with Crippen LogP contribution in [0.4, 0.5) is 0 Å². The number of hydrogen-bond donors (Lipinski definition) is 0. The first-order valence-corrected chi connectivity index (χ1v) is 11.2. The van der Waals surface area contributed by atoms with Gasteiger partial charge >= 0.3 is 0 Å². The first kappa shape index (κ1) is 22.2. The van der Waals surface area contributed by atoms with E-state index in [1.165, 1.54) is 114 Å². The smallest absolute Gasteiger partial charge is 0.171 e. The highest BCUT2D eigenvalue weighted by atomic mass is 14.9. The summed E-state index contributed by atoms with van der Waals surface area (Å²) >= 11 is 0. The lowest BCUT2D eigenvalue weighted by molar-refractivity contribution is -0.698. The predicted octanol–water partition coefficient (Wildman–Crippen LogP) is 7.46. The van der Waals surface area contributed by atoms with Crippen LogP contribution in [-0.2, 0) is 6.54 Å². The molecule has 144 valence electrons. The summed E-state index contributed by atoms with van der Waals surface area (Å²) in [5.41, 5.74) is 2.75. The van der Waals surface area contributed by atoms with Gasteiger partial charge in [-0.25, -0.2) is 4.57 Å². The zero-order chi connectivity index (χ0) is 18.2. The van der Waals surface area contributed by atoms with Gasteiger partial charge in [0.15, 0.2) is 12.4 Å². The van der Waals surface area contributed by atoms with Gasteiger partial charge in [0.2, 0.25) is 0 Å². The molecule has 1 aromatic rings. The first-order valence-electron chi connectivity index (χ1n) is 11.2. The second-order valence-electron chi connectivity index (χ2n) is 8.08. The Bertz CT molecular complexity index is 404. The van der Waals surface area contributed by atoms with Crippen molar-refractivity contribution >= 4 is 0 Å². The van der Waals surface area contributed by atoms with Crippen molar-refractivity contribution in [1.82, 2.24) is 0 Å². The van der Waals surface area contributed by atoms with E-state index < -0.39 is 0 Å². The second-order valence-corrected chi connectivity index (χ2v) is 8.08. The van der Waals surface area contributed by atoms with Crippen LogP contribution >= 0.6 is 0 Å². The first-order chi connectivity index (χ1) is 12.2. The van der Waals surface area contributed by atoms with E-state index >= 15 is 0 Å². The van der Waals surface area contributed by atoms with E-state index in [1.54, 1.807) is 0 Å². The van der Waals surface area contributed by atoms with E-state index in [0.717, 1.165) is 0 Å². The van der Waals surface area contributed by atoms with Gasteiger partial charge in [-0.1, -0.05) is 90.4 Å². The molecule has 0 aliphatic carbocycles. The lowest BCUT2D eigenvalue weighted by Crippen LogP contribution is -2.33. The molecular formula is C24H44N+. The van der Waals surface area contributed by atoms with Gasteiger partial charge in [0.05, 0.1) is 0 Å². The fraction of sp³-hybridized carbons (Fsp3) is 0.792. The van der Waals surface area contributed by atoms with E-state index in [9.17, 15) is 0 Å². The Balaban J connectivity index is 1.81. The normalized spacial score (nSPS) is 11.2. The summed E-state index contributed by atoms with van der Waals surface area (Å²) in [4.78, 5) is 0. The van der Waals surface area contributed by atoms with E-state index in [4.69, 9.17) is 0 Å². The molecule has 25 heavy (non-hydrogen) atoms. The van der Waals surface area contributed by atoms with Gasteiger partial charge in [-0.2, -0.15) is 0 Å². The summed E-state index contributed by atoms with van der Waals surface area (Å²) in [5, 5.41) is 0. The van der Waals surface area contributed by atoms with Gasteiger partial charge in [0.25, 0.3) is 0 Å². The Hall–Kier alpha value is -0.850. The van der Waals surface area contributed by atoms with Crippen molar-refractivity contribution in [3.63, 3.8) is 0 Å². The summed E-state index contributed by atoms with van der Waals surface area (Å²) in [6, 6.07) is 2.25. The van der Waals surface area contributed by atoms with Crippen LogP contribution < -0.4 is 4.57 Å². The molecule has 1 rings (SSSR count). The van der Waals surface area contributed by atoms with Crippen molar-refractivity contribution in [3.8, 4) is 0 Å². The molecule has 1 nitrogen and oxygen atoms in total. The fourth-order valence-electron chi connectivity index (χ4n) is 3.79. The fourth-order valence-corrected chi connectivity index (χ4v) is 3.79. The van der Waals surface area contributed by atoms with Gasteiger partial charge < -0.3 is 0 Å². The maximum atomic E-state index is 2.37. The monoisotopic (exact) mass is 346 g/mol. The molecule has 0 radical (unpaired) electrons. The Morgan fingerprint density at radius 3 is 1.32 bits per heavy atom. The lowest BCUT2D eigenvalue weighted by atomic mass is 10.0. The Morgan fingerprint density at radius 2 is 0.920 bits per heavy atom. The summed E-state index contributed by atoms with van der Waals surface area (Å²) in [6.07, 6.45) is 26.1. The molecule has 0 saturated heterocycles. The van der Waals surface area contributed by atoms with E-state index in [2.05, 4.69) is 43.8 Å². The number of rotatable bonds is 16. The summed E-state index contributed by atoms with van der Waals surface area (Å²) in [6.45, 7) is 7.86. The SMILES string of the molecule is CCCCCCCCCCCCCCCCC[n+]1cc(C)cc(C)c1. The lowest BCUT2D eigenvalue weighted by Gasteiger charge is -2.03. The minimum Gasteiger partial charge on any atom is -0.205 e. The quantitative estimate of drug-likeness (QED) is 0.216. The van der Waals surface area contributed by atoms with Crippen molar-refractivity contribution < 1.29 is 4.57 Å². The molecule has 0 atom stereocenters. The molecule has 0 bridgehead atoms. The highest BCUT2D eigenvalue weighted by Gasteiger charge is 2.02. The topological polar surface area (TPSA) is 3.88 Å². The molecule has 0 N–H and O–H groups in total. The number of aromatic nitrogens is 1. The van der Waals surface area contributed by atoms with Gasteiger partial charge in [0, 0.05) is 17.5 Å². The minimum absolute atomic E-state index is 1.18. The molecule has 0 spiro atoms. The third kappa shape index (κ3) is 13.1. The molecular weight excluding hydrogens is 302 g/mol. The Morgan fingerprint density at radius 1 is 0.560 bits per heavy atom. The van der Waals surface area contributed by atoms with Crippen molar-refractivity contribution in [2.75, 3.05) is 0 Å². The number of hydrogen-bond acceptors (Lipinski definition) is 0. The van der Waals surface area contributed by atoms with Crippen LogP contribution in [0.3, 0.4) is 0 Å². The van der Waals surface area contributed by atoms with Crippen LogP contribution in [0.25, 0.3) is 0 Å². The number of unbranched alkanes of at least 4 members (excludes halogenated alkanes) is 14. The maximum Gasteiger partial charge on any atom is 0.171 e. The number of pyridine rings is 1. The Labute approximate surface area is 158 Å². The van der Waals surface area contributed by atoms with Gasteiger partial charge in [0.1, 0.15) is 6.54 Å². The van der Waals surface area contributed by atoms with Gasteiger partial charge in [-0.15, -0.1) is 0 Å². The van der Waals surface area contributed by atoms with Gasteiger partial charge in [-0.3, -0.25) is 0 Å². The average Bonchev–Trinajstić information content (AvgIpc) is 2.57.